The van der Waals surface area contributed by atoms with Crippen molar-refractivity contribution < 1.29 is 9.47 Å². The molecule has 0 aromatic heterocycles. The maximum Gasteiger partial charge on any atom is 0.161 e. The van der Waals surface area contributed by atoms with Gasteiger partial charge < -0.3 is 14.4 Å². The number of anilines is 1. The number of ether oxygens (including phenoxy) is 2. The monoisotopic (exact) mass is 259 g/mol. The summed E-state index contributed by atoms with van der Waals surface area (Å²) in [6.07, 6.45) is 0.994. The van der Waals surface area contributed by atoms with Crippen molar-refractivity contribution in [2.24, 2.45) is 0 Å². The molecule has 0 aliphatic rings. The van der Waals surface area contributed by atoms with Crippen molar-refractivity contribution in [1.82, 2.24) is 0 Å². The largest absolute Gasteiger partial charge is 0.493 e. The van der Waals surface area contributed by atoms with Crippen molar-refractivity contribution in [3.8, 4) is 11.5 Å². The van der Waals surface area contributed by atoms with Crippen LogP contribution in [0.25, 0.3) is 10.8 Å². The molecular weight excluding hydrogens is 238 g/mol. The number of hydrogen-bond donors (Lipinski definition) is 0. The van der Waals surface area contributed by atoms with Crippen molar-refractivity contribution in [3.05, 3.63) is 29.8 Å². The summed E-state index contributed by atoms with van der Waals surface area (Å²) >= 11 is 0. The van der Waals surface area contributed by atoms with E-state index in [2.05, 4.69) is 44.1 Å². The Morgan fingerprint density at radius 2 is 1.58 bits per heavy atom. The Morgan fingerprint density at radius 3 is 2.11 bits per heavy atom. The third-order valence-corrected chi connectivity index (χ3v) is 3.42. The fraction of sp³-hybridized carbons (Fsp3) is 0.375. The fourth-order valence-electron chi connectivity index (χ4n) is 2.30. The molecule has 0 heterocycles. The van der Waals surface area contributed by atoms with E-state index in [-0.39, 0.29) is 0 Å². The predicted octanol–water partition coefficient (Wildman–Crippen LogP) is 3.49. The Hall–Kier alpha value is -1.90. The molecule has 0 unspecified atom stereocenters. The van der Waals surface area contributed by atoms with Crippen LogP contribution < -0.4 is 14.4 Å². The molecular formula is C16H21NO2. The van der Waals surface area contributed by atoms with E-state index in [9.17, 15) is 0 Å². The minimum absolute atomic E-state index is 0.771. The van der Waals surface area contributed by atoms with Crippen LogP contribution in [0, 0.1) is 0 Å². The van der Waals surface area contributed by atoms with Crippen LogP contribution in [0.3, 0.4) is 0 Å². The zero-order chi connectivity index (χ0) is 14.0. The van der Waals surface area contributed by atoms with Gasteiger partial charge in [-0.1, -0.05) is 6.92 Å². The molecule has 0 fully saturated rings. The molecule has 2 aromatic rings. The second-order valence-corrected chi connectivity index (χ2v) is 4.78. The molecule has 0 saturated carbocycles. The lowest BCUT2D eigenvalue weighted by atomic mass is 10.0. The molecule has 0 aliphatic heterocycles. The Balaban J connectivity index is 2.75. The Bertz CT molecular complexity index is 591. The van der Waals surface area contributed by atoms with Crippen molar-refractivity contribution in [2.45, 2.75) is 13.3 Å². The number of methoxy groups -OCH3 is 2. The van der Waals surface area contributed by atoms with Gasteiger partial charge in [0.25, 0.3) is 0 Å². The van der Waals surface area contributed by atoms with Gasteiger partial charge >= 0.3 is 0 Å². The maximum atomic E-state index is 5.39. The van der Waals surface area contributed by atoms with E-state index in [0.717, 1.165) is 17.9 Å². The highest BCUT2D eigenvalue weighted by atomic mass is 16.5. The summed E-state index contributed by atoms with van der Waals surface area (Å²) in [5, 5.41) is 2.41. The van der Waals surface area contributed by atoms with Gasteiger partial charge in [-0.25, -0.2) is 0 Å². The van der Waals surface area contributed by atoms with Gasteiger partial charge in [-0.05, 0) is 47.0 Å². The number of hydrogen-bond acceptors (Lipinski definition) is 3. The second-order valence-electron chi connectivity index (χ2n) is 4.78. The SMILES string of the molecule is CCc1cc(N(C)C)cc2cc(OC)c(OC)cc12. The second kappa shape index (κ2) is 5.39. The predicted molar refractivity (Wildman–Crippen MR) is 80.8 cm³/mol. The van der Waals surface area contributed by atoms with Crippen molar-refractivity contribution >= 4 is 16.5 Å². The van der Waals surface area contributed by atoms with Gasteiger partial charge in [0.1, 0.15) is 0 Å². The van der Waals surface area contributed by atoms with Crippen LogP contribution in [0.2, 0.25) is 0 Å². The van der Waals surface area contributed by atoms with Crippen LogP contribution in [0.15, 0.2) is 24.3 Å². The van der Waals surface area contributed by atoms with Gasteiger partial charge in [0.2, 0.25) is 0 Å². The summed E-state index contributed by atoms with van der Waals surface area (Å²) in [4.78, 5) is 2.12. The first-order chi connectivity index (χ1) is 9.10. The molecule has 0 radical (unpaired) electrons. The highest BCUT2D eigenvalue weighted by Crippen LogP contribution is 2.35. The molecule has 2 rings (SSSR count). The zero-order valence-electron chi connectivity index (χ0n) is 12.3. The van der Waals surface area contributed by atoms with Crippen molar-refractivity contribution in [1.29, 1.82) is 0 Å². The molecule has 102 valence electrons. The van der Waals surface area contributed by atoms with Crippen LogP contribution in [0.4, 0.5) is 5.69 Å². The molecule has 19 heavy (non-hydrogen) atoms. The number of aryl methyl sites for hydroxylation is 1. The van der Waals surface area contributed by atoms with Gasteiger partial charge in [0.15, 0.2) is 11.5 Å². The average molecular weight is 259 g/mol. The smallest absolute Gasteiger partial charge is 0.161 e. The quantitative estimate of drug-likeness (QED) is 0.839. The molecule has 0 saturated heterocycles. The van der Waals surface area contributed by atoms with Crippen LogP contribution >= 0.6 is 0 Å². The Kier molecular flexibility index (Phi) is 3.84. The van der Waals surface area contributed by atoms with Gasteiger partial charge in [0, 0.05) is 19.8 Å². The number of benzene rings is 2. The molecule has 2 aromatic carbocycles. The molecule has 0 amide bonds. The first-order valence-corrected chi connectivity index (χ1v) is 6.46. The Labute approximate surface area is 114 Å². The highest BCUT2D eigenvalue weighted by molar-refractivity contribution is 5.92. The van der Waals surface area contributed by atoms with Gasteiger partial charge in [-0.15, -0.1) is 0 Å². The van der Waals surface area contributed by atoms with E-state index < -0.39 is 0 Å². The van der Waals surface area contributed by atoms with Gasteiger partial charge in [-0.2, -0.15) is 0 Å². The molecule has 3 heteroatoms. The van der Waals surface area contributed by atoms with Gasteiger partial charge in [-0.3, -0.25) is 0 Å². The van der Waals surface area contributed by atoms with Crippen LogP contribution in [0.5, 0.6) is 11.5 Å². The first-order valence-electron chi connectivity index (χ1n) is 6.46. The molecule has 0 spiro atoms. The van der Waals surface area contributed by atoms with Crippen LogP contribution in [0.1, 0.15) is 12.5 Å². The van der Waals surface area contributed by atoms with Crippen LogP contribution in [-0.2, 0) is 6.42 Å². The summed E-state index contributed by atoms with van der Waals surface area (Å²) in [7, 11) is 7.45. The number of fused-ring (bicyclic) bond motifs is 1. The summed E-state index contributed by atoms with van der Waals surface area (Å²) in [6, 6.07) is 8.51. The Morgan fingerprint density at radius 1 is 0.947 bits per heavy atom. The summed E-state index contributed by atoms with van der Waals surface area (Å²) in [6.45, 7) is 2.17. The topological polar surface area (TPSA) is 21.7 Å². The van der Waals surface area contributed by atoms with E-state index in [1.54, 1.807) is 14.2 Å². The molecule has 0 bridgehead atoms. The lowest BCUT2D eigenvalue weighted by Gasteiger charge is -2.17. The van der Waals surface area contributed by atoms with Crippen molar-refractivity contribution in [2.75, 3.05) is 33.2 Å². The third kappa shape index (κ3) is 2.46. The van der Waals surface area contributed by atoms with E-state index >= 15 is 0 Å². The van der Waals surface area contributed by atoms with Crippen molar-refractivity contribution in [3.63, 3.8) is 0 Å². The minimum Gasteiger partial charge on any atom is -0.493 e. The molecule has 0 N–H and O–H groups in total. The normalized spacial score (nSPS) is 10.6. The highest BCUT2D eigenvalue weighted by Gasteiger charge is 2.10. The summed E-state index contributed by atoms with van der Waals surface area (Å²) in [5.74, 6) is 1.55. The van der Waals surface area contributed by atoms with E-state index in [1.807, 2.05) is 6.07 Å². The number of rotatable bonds is 4. The zero-order valence-corrected chi connectivity index (χ0v) is 12.3. The summed E-state index contributed by atoms with van der Waals surface area (Å²) < 4.78 is 10.8. The number of nitrogens with zero attached hydrogens (tertiary/aromatic N) is 1. The minimum atomic E-state index is 0.771. The summed E-state index contributed by atoms with van der Waals surface area (Å²) in [5.41, 5.74) is 2.53. The molecule has 3 nitrogen and oxygen atoms in total. The fourth-order valence-corrected chi connectivity index (χ4v) is 2.30. The average Bonchev–Trinajstić information content (AvgIpc) is 2.44. The maximum absolute atomic E-state index is 5.39. The van der Waals surface area contributed by atoms with Crippen LogP contribution in [-0.4, -0.2) is 28.3 Å². The molecule has 0 aliphatic carbocycles. The van der Waals surface area contributed by atoms with E-state index in [1.165, 1.54) is 22.0 Å². The lowest BCUT2D eigenvalue weighted by molar-refractivity contribution is 0.356. The van der Waals surface area contributed by atoms with Gasteiger partial charge in [0.05, 0.1) is 14.2 Å². The first kappa shape index (κ1) is 13.5. The molecule has 0 atom stereocenters. The standard InChI is InChI=1S/C16H21NO2/c1-6-11-7-13(17(2)3)8-12-9-15(18-4)16(19-5)10-14(11)12/h7-10H,6H2,1-5H3. The lowest BCUT2D eigenvalue weighted by Crippen LogP contribution is -2.09. The van der Waals surface area contributed by atoms with E-state index in [4.69, 9.17) is 9.47 Å². The van der Waals surface area contributed by atoms with E-state index in [0.29, 0.717) is 0 Å². The third-order valence-electron chi connectivity index (χ3n) is 3.42.